The fraction of sp³-hybridized carbons (Fsp3) is 1.00. The molecule has 0 aromatic carbocycles. The third kappa shape index (κ3) is 2.44. The van der Waals surface area contributed by atoms with E-state index in [1.165, 1.54) is 38.5 Å². The number of aliphatic hydroxyl groups excluding tert-OH is 1. The molecule has 0 amide bonds. The Hall–Kier alpha value is -0.0800. The highest BCUT2D eigenvalue weighted by molar-refractivity contribution is 4.82. The van der Waals surface area contributed by atoms with E-state index in [9.17, 15) is 0 Å². The number of aliphatic hydroxyl groups is 1. The second kappa shape index (κ2) is 4.43. The van der Waals surface area contributed by atoms with Crippen molar-refractivity contribution in [3.8, 4) is 0 Å². The van der Waals surface area contributed by atoms with E-state index in [1.54, 1.807) is 0 Å². The summed E-state index contributed by atoms with van der Waals surface area (Å²) in [5.41, 5.74) is 0. The normalized spacial score (nSPS) is 39.0. The van der Waals surface area contributed by atoms with E-state index < -0.39 is 0 Å². The number of ether oxygens (including phenoxy) is 1. The minimum atomic E-state index is -0.105. The van der Waals surface area contributed by atoms with Gasteiger partial charge in [-0.2, -0.15) is 0 Å². The lowest BCUT2D eigenvalue weighted by Crippen LogP contribution is -2.29. The fourth-order valence-corrected chi connectivity index (χ4v) is 3.22. The third-order valence-electron chi connectivity index (χ3n) is 3.67. The lowest BCUT2D eigenvalue weighted by molar-refractivity contribution is -0.0340. The largest absolute Gasteiger partial charge is 0.371 e. The molecule has 2 aliphatic carbocycles. The van der Waals surface area contributed by atoms with E-state index in [4.69, 9.17) is 9.84 Å². The Morgan fingerprint density at radius 3 is 2.38 bits per heavy atom. The molecule has 2 unspecified atom stereocenters. The van der Waals surface area contributed by atoms with Gasteiger partial charge in [0.2, 0.25) is 0 Å². The summed E-state index contributed by atoms with van der Waals surface area (Å²) in [6.45, 7) is 0.676. The van der Waals surface area contributed by atoms with Gasteiger partial charge in [-0.3, -0.25) is 0 Å². The number of fused-ring (bicyclic) bond motifs is 2. The molecular weight excluding hydrogens is 164 g/mol. The van der Waals surface area contributed by atoms with E-state index in [2.05, 4.69) is 0 Å². The summed E-state index contributed by atoms with van der Waals surface area (Å²) >= 11 is 0. The average molecular weight is 184 g/mol. The van der Waals surface area contributed by atoms with Crippen molar-refractivity contribution in [3.05, 3.63) is 0 Å². The van der Waals surface area contributed by atoms with Crippen LogP contribution in [0.2, 0.25) is 0 Å². The van der Waals surface area contributed by atoms with E-state index in [1.807, 2.05) is 0 Å². The topological polar surface area (TPSA) is 29.5 Å². The van der Waals surface area contributed by atoms with Gasteiger partial charge in [-0.05, 0) is 37.0 Å². The van der Waals surface area contributed by atoms with Gasteiger partial charge in [-0.25, -0.2) is 0 Å². The molecule has 2 nitrogen and oxygen atoms in total. The van der Waals surface area contributed by atoms with Crippen LogP contribution >= 0.6 is 0 Å². The van der Waals surface area contributed by atoms with Gasteiger partial charge in [-0.1, -0.05) is 19.3 Å². The van der Waals surface area contributed by atoms with Crippen LogP contribution < -0.4 is 0 Å². The summed E-state index contributed by atoms with van der Waals surface area (Å²) in [5, 5.41) is 8.58. The van der Waals surface area contributed by atoms with E-state index in [0.29, 0.717) is 0 Å². The molecule has 2 atom stereocenters. The van der Waals surface area contributed by atoms with E-state index >= 15 is 0 Å². The zero-order valence-corrected chi connectivity index (χ0v) is 8.24. The molecular formula is C11H20O2. The lowest BCUT2D eigenvalue weighted by Gasteiger charge is -2.38. The molecule has 1 N–H and O–H groups in total. The Morgan fingerprint density at radius 2 is 1.77 bits per heavy atom. The van der Waals surface area contributed by atoms with Crippen LogP contribution in [0, 0.1) is 17.8 Å². The lowest BCUT2D eigenvalue weighted by atomic mass is 9.68. The van der Waals surface area contributed by atoms with Crippen molar-refractivity contribution in [3.63, 3.8) is 0 Å². The SMILES string of the molecule is OCOCC1CC2CCCC(C2)C1. The predicted molar refractivity (Wildman–Crippen MR) is 51.2 cm³/mol. The van der Waals surface area contributed by atoms with E-state index in [0.717, 1.165) is 24.4 Å². The van der Waals surface area contributed by atoms with Crippen molar-refractivity contribution in [1.29, 1.82) is 0 Å². The van der Waals surface area contributed by atoms with Crippen LogP contribution in [0.25, 0.3) is 0 Å². The van der Waals surface area contributed by atoms with Crippen LogP contribution in [0.4, 0.5) is 0 Å². The zero-order valence-electron chi connectivity index (χ0n) is 8.24. The van der Waals surface area contributed by atoms with Gasteiger partial charge in [0.1, 0.15) is 6.79 Å². The van der Waals surface area contributed by atoms with Gasteiger partial charge < -0.3 is 9.84 Å². The highest BCUT2D eigenvalue weighted by Gasteiger charge is 2.31. The smallest absolute Gasteiger partial charge is 0.143 e. The van der Waals surface area contributed by atoms with Gasteiger partial charge in [-0.15, -0.1) is 0 Å². The Labute approximate surface area is 80.3 Å². The van der Waals surface area contributed by atoms with Crippen LogP contribution in [-0.2, 0) is 4.74 Å². The summed E-state index contributed by atoms with van der Waals surface area (Å²) in [6.07, 6.45) is 8.48. The van der Waals surface area contributed by atoms with Crippen molar-refractivity contribution in [2.75, 3.05) is 13.4 Å². The maximum atomic E-state index is 8.58. The van der Waals surface area contributed by atoms with E-state index in [-0.39, 0.29) is 6.79 Å². The van der Waals surface area contributed by atoms with Gasteiger partial charge in [0, 0.05) is 0 Å². The molecule has 2 aliphatic rings. The molecule has 0 aromatic heterocycles. The third-order valence-corrected chi connectivity index (χ3v) is 3.67. The molecule has 13 heavy (non-hydrogen) atoms. The Balaban J connectivity index is 1.80. The average Bonchev–Trinajstić information content (AvgIpc) is 2.14. The van der Waals surface area contributed by atoms with Gasteiger partial charge >= 0.3 is 0 Å². The number of hydrogen-bond donors (Lipinski definition) is 1. The minimum absolute atomic E-state index is 0.105. The first-order chi connectivity index (χ1) is 6.38. The minimum Gasteiger partial charge on any atom is -0.371 e. The molecule has 0 spiro atoms. The second-order valence-electron chi connectivity index (χ2n) is 4.74. The first kappa shape index (κ1) is 9.47. The van der Waals surface area contributed by atoms with Crippen molar-refractivity contribution in [1.82, 2.24) is 0 Å². The summed E-state index contributed by atoms with van der Waals surface area (Å²) in [7, 11) is 0. The summed E-state index contributed by atoms with van der Waals surface area (Å²) in [6, 6.07) is 0. The number of hydrogen-bond acceptors (Lipinski definition) is 2. The van der Waals surface area contributed by atoms with Gasteiger partial charge in [0.25, 0.3) is 0 Å². The van der Waals surface area contributed by atoms with Crippen LogP contribution in [0.5, 0.6) is 0 Å². The second-order valence-corrected chi connectivity index (χ2v) is 4.74. The van der Waals surface area contributed by atoms with Crippen molar-refractivity contribution in [2.45, 2.75) is 38.5 Å². The van der Waals surface area contributed by atoms with Gasteiger partial charge in [0.05, 0.1) is 6.61 Å². The molecule has 0 heterocycles. The molecule has 0 aliphatic heterocycles. The maximum absolute atomic E-state index is 8.58. The van der Waals surface area contributed by atoms with Crippen molar-refractivity contribution in [2.24, 2.45) is 17.8 Å². The molecule has 0 saturated heterocycles. The molecule has 2 rings (SSSR count). The predicted octanol–water partition coefficient (Wildman–Crippen LogP) is 2.17. The molecule has 0 aromatic rings. The highest BCUT2D eigenvalue weighted by atomic mass is 16.6. The highest BCUT2D eigenvalue weighted by Crippen LogP contribution is 2.42. The summed E-state index contributed by atoms with van der Waals surface area (Å²) < 4.78 is 5.09. The van der Waals surface area contributed by atoms with Crippen LogP contribution in [0.3, 0.4) is 0 Å². The molecule has 76 valence electrons. The maximum Gasteiger partial charge on any atom is 0.143 e. The summed E-state index contributed by atoms with van der Waals surface area (Å²) in [5.74, 6) is 2.68. The standard InChI is InChI=1S/C11H20O2/c12-8-13-7-11-5-9-2-1-3-10(4-9)6-11/h9-12H,1-8H2. The summed E-state index contributed by atoms with van der Waals surface area (Å²) in [4.78, 5) is 0. The number of rotatable bonds is 3. The van der Waals surface area contributed by atoms with Crippen molar-refractivity contribution >= 4 is 0 Å². The zero-order chi connectivity index (χ0) is 9.10. The van der Waals surface area contributed by atoms with Crippen LogP contribution in [-0.4, -0.2) is 18.5 Å². The van der Waals surface area contributed by atoms with Crippen molar-refractivity contribution < 1.29 is 9.84 Å². The quantitative estimate of drug-likeness (QED) is 0.681. The Morgan fingerprint density at radius 1 is 1.08 bits per heavy atom. The first-order valence-electron chi connectivity index (χ1n) is 5.57. The van der Waals surface area contributed by atoms with Crippen LogP contribution in [0.1, 0.15) is 38.5 Å². The molecule has 0 radical (unpaired) electrons. The monoisotopic (exact) mass is 184 g/mol. The van der Waals surface area contributed by atoms with Gasteiger partial charge in [0.15, 0.2) is 0 Å². The van der Waals surface area contributed by atoms with Crippen LogP contribution in [0.15, 0.2) is 0 Å². The first-order valence-corrected chi connectivity index (χ1v) is 5.57. The Kier molecular flexibility index (Phi) is 3.23. The Bertz CT molecular complexity index is 146. The molecule has 2 bridgehead atoms. The molecule has 2 fully saturated rings. The fourth-order valence-electron chi connectivity index (χ4n) is 3.22. The molecule has 2 saturated carbocycles. The molecule has 2 heteroatoms.